The zero-order valence-electron chi connectivity index (χ0n) is 68.5. The van der Waals surface area contributed by atoms with Crippen molar-refractivity contribution in [3.63, 3.8) is 0 Å². The largest absolute Gasteiger partial charge is 0.309 e. The predicted octanol–water partition coefficient (Wildman–Crippen LogP) is 30.2. The molecule has 9 heterocycles. The second-order valence-corrected chi connectivity index (χ2v) is 32.1. The monoisotopic (exact) mass is 1610 g/mol. The number of hydrogen-bond donors (Lipinski definition) is 0. The molecule has 0 unspecified atom stereocenters. The molecule has 0 aliphatic carbocycles. The molecule has 0 saturated heterocycles. The summed E-state index contributed by atoms with van der Waals surface area (Å²) in [5, 5.41) is 11.0. The van der Waals surface area contributed by atoms with Gasteiger partial charge in [-0.25, -0.2) is 0 Å². The Balaban J connectivity index is 0.000000106. The van der Waals surface area contributed by atoms with Crippen LogP contribution in [0.15, 0.2) is 468 Å². The highest BCUT2D eigenvalue weighted by Crippen LogP contribution is 2.46. The van der Waals surface area contributed by atoms with Gasteiger partial charge in [-0.1, -0.05) is 267 Å². The van der Waals surface area contributed by atoms with Gasteiger partial charge in [-0.3, -0.25) is 15.0 Å². The van der Waals surface area contributed by atoms with Gasteiger partial charge >= 0.3 is 0 Å². The van der Waals surface area contributed by atoms with E-state index >= 15 is 0 Å². The third kappa shape index (κ3) is 12.2. The van der Waals surface area contributed by atoms with Crippen molar-refractivity contribution < 1.29 is 0 Å². The van der Waals surface area contributed by atoms with Crippen molar-refractivity contribution in [2.75, 3.05) is 0 Å². The molecule has 0 fully saturated rings. The molecule has 9 nitrogen and oxygen atoms in total. The fourth-order valence-electron chi connectivity index (χ4n) is 19.7. The van der Waals surface area contributed by atoms with Gasteiger partial charge in [0.15, 0.2) is 0 Å². The first-order chi connectivity index (χ1) is 62.6. The second kappa shape index (κ2) is 30.6. The Kier molecular flexibility index (Phi) is 17.7. The summed E-state index contributed by atoms with van der Waals surface area (Å²) in [6.45, 7) is 0. The molecule has 26 aromatic rings. The summed E-state index contributed by atoms with van der Waals surface area (Å²) in [4.78, 5) is 14.6. The van der Waals surface area contributed by atoms with E-state index in [0.29, 0.717) is 0 Å². The van der Waals surface area contributed by atoms with E-state index in [4.69, 9.17) is 15.0 Å². The number of rotatable bonds is 11. The first-order valence-corrected chi connectivity index (χ1v) is 42.9. The van der Waals surface area contributed by atoms with Gasteiger partial charge in [-0.2, -0.15) is 0 Å². The number of benzene rings is 17. The Morgan fingerprint density at radius 3 is 0.730 bits per heavy atom. The van der Waals surface area contributed by atoms with Crippen molar-refractivity contribution >= 4 is 131 Å². The van der Waals surface area contributed by atoms with Crippen LogP contribution < -0.4 is 0 Å². The minimum atomic E-state index is 1.01. The summed E-state index contributed by atoms with van der Waals surface area (Å²) in [6.07, 6.45) is 5.68. The van der Waals surface area contributed by atoms with Crippen molar-refractivity contribution in [2.45, 2.75) is 0 Å². The zero-order valence-corrected chi connectivity index (χ0v) is 68.5. The molecule has 0 bridgehead atoms. The van der Waals surface area contributed by atoms with Gasteiger partial charge in [-0.05, 0) is 238 Å². The van der Waals surface area contributed by atoms with E-state index < -0.39 is 0 Å². The lowest BCUT2D eigenvalue weighted by Crippen LogP contribution is -1.94. The SMILES string of the molecule is c1ccc(-c2ccc(-n3c4ccc(-c5cccc6c5c5ccccc5n6-c5ccccc5)cc4c4ncccc43)cc2)cc1.c1ccc(-c2cccc(-n3c4ccc(-c5cccc6c5c5ccccc5n6-c5ccccc5)cc4c4ncccc43)c2)cc1.c1ccc(-n2c3ccc(-c4cccc5c4c4ccccc4n5-c4ccccc4)cc3c3ncccc32)cc1. The van der Waals surface area contributed by atoms with E-state index in [9.17, 15) is 0 Å². The van der Waals surface area contributed by atoms with Crippen LogP contribution in [0, 0.1) is 0 Å². The molecule has 17 aromatic carbocycles. The van der Waals surface area contributed by atoms with Crippen LogP contribution in [-0.2, 0) is 0 Å². The molecule has 0 atom stereocenters. The van der Waals surface area contributed by atoms with Crippen LogP contribution in [0.4, 0.5) is 0 Å². The number of hydrogen-bond acceptors (Lipinski definition) is 3. The van der Waals surface area contributed by atoms with Gasteiger partial charge in [0.2, 0.25) is 0 Å². The number of para-hydroxylation sites is 7. The average molecular weight is 1610 g/mol. The quantitative estimate of drug-likeness (QED) is 0.130. The van der Waals surface area contributed by atoms with Gasteiger partial charge in [-0.15, -0.1) is 0 Å². The van der Waals surface area contributed by atoms with Crippen LogP contribution in [0.2, 0.25) is 0 Å². The maximum absolute atomic E-state index is 4.90. The molecule has 0 N–H and O–H groups in total. The highest BCUT2D eigenvalue weighted by molar-refractivity contribution is 6.21. The topological polar surface area (TPSA) is 68.2 Å². The minimum absolute atomic E-state index is 1.01. The number of fused-ring (bicyclic) bond motifs is 18. The maximum Gasteiger partial charge on any atom is 0.0963 e. The lowest BCUT2D eigenvalue weighted by Gasteiger charge is -2.11. The van der Waals surface area contributed by atoms with Crippen LogP contribution in [0.5, 0.6) is 0 Å². The third-order valence-corrected chi connectivity index (χ3v) is 25.1. The van der Waals surface area contributed by atoms with Gasteiger partial charge in [0.25, 0.3) is 0 Å². The predicted molar refractivity (Wildman–Crippen MR) is 526 cm³/mol. The van der Waals surface area contributed by atoms with Gasteiger partial charge < -0.3 is 27.4 Å². The summed E-state index contributed by atoms with van der Waals surface area (Å²) < 4.78 is 14.1. The van der Waals surface area contributed by atoms with Crippen molar-refractivity contribution in [3.05, 3.63) is 468 Å². The molecule has 9 aromatic heterocycles. The lowest BCUT2D eigenvalue weighted by atomic mass is 9.98. The average Bonchev–Trinajstić information content (AvgIpc) is 1.59. The molecule has 0 aliphatic rings. The number of pyridine rings is 3. The number of nitrogens with zero attached hydrogens (tertiary/aromatic N) is 9. The molecule has 126 heavy (non-hydrogen) atoms. The molecule has 0 saturated carbocycles. The molecule has 590 valence electrons. The second-order valence-electron chi connectivity index (χ2n) is 32.1. The van der Waals surface area contributed by atoms with Crippen molar-refractivity contribution in [2.24, 2.45) is 0 Å². The fraction of sp³-hybridized carbons (Fsp3) is 0. The van der Waals surface area contributed by atoms with Crippen LogP contribution >= 0.6 is 0 Å². The molecule has 0 spiro atoms. The van der Waals surface area contributed by atoms with E-state index in [1.54, 1.807) is 0 Å². The summed E-state index contributed by atoms with van der Waals surface area (Å²) in [5.74, 6) is 0. The Morgan fingerprint density at radius 1 is 0.135 bits per heavy atom. The summed E-state index contributed by atoms with van der Waals surface area (Å²) >= 11 is 0. The zero-order chi connectivity index (χ0) is 83.1. The summed E-state index contributed by atoms with van der Waals surface area (Å²) in [6, 6.07) is 160. The first-order valence-electron chi connectivity index (χ1n) is 42.9. The fourth-order valence-corrected chi connectivity index (χ4v) is 19.7. The standard InChI is InChI=1S/2C41H27N3.C35H23N3/c1-3-12-28(13-4-1)29-14-9-17-32(26-29)44-37-24-23-30(27-35(37)41-39(44)22-11-25-42-41)33-19-10-21-38-40(33)34-18-7-8-20-36(34)43(38)31-15-5-2-6-16-31;1-3-11-28(12-4-1)29-20-23-32(24-21-29)44-37-25-22-30(27-35(37)41-39(44)19-10-26-42-41)33-16-9-18-38-40(33)34-15-7-8-17-36(34)43(38)31-13-5-2-6-14-31;1-3-11-25(12-4-1)37-30-17-8-7-15-28(30)34-27(16-9-18-32(34)37)24-20-21-31-29(23-24)35-33(19-10-22-36-35)38(31)26-13-5-2-6-14-26/h2*1-27H;1-23H. The smallest absolute Gasteiger partial charge is 0.0963 e. The van der Waals surface area contributed by atoms with Crippen LogP contribution in [-0.4, -0.2) is 42.4 Å². The summed E-state index contributed by atoms with van der Waals surface area (Å²) in [7, 11) is 0. The normalized spacial score (nSPS) is 11.7. The molecule has 9 heteroatoms. The Morgan fingerprint density at radius 2 is 0.373 bits per heavy atom. The highest BCUT2D eigenvalue weighted by atomic mass is 15.0. The molecule has 26 rings (SSSR count). The Bertz CT molecular complexity index is 8680. The lowest BCUT2D eigenvalue weighted by molar-refractivity contribution is 1.18. The number of aromatic nitrogens is 9. The van der Waals surface area contributed by atoms with Crippen molar-refractivity contribution in [3.8, 4) is 89.8 Å². The molecule has 0 amide bonds. The van der Waals surface area contributed by atoms with Crippen molar-refractivity contribution in [1.29, 1.82) is 0 Å². The van der Waals surface area contributed by atoms with E-state index in [0.717, 1.165) is 94.2 Å². The van der Waals surface area contributed by atoms with Crippen LogP contribution in [0.1, 0.15) is 0 Å². The third-order valence-electron chi connectivity index (χ3n) is 25.1. The molecule has 0 aliphatic heterocycles. The minimum Gasteiger partial charge on any atom is -0.309 e. The van der Waals surface area contributed by atoms with E-state index in [2.05, 4.69) is 458 Å². The maximum atomic E-state index is 4.90. The Labute approximate surface area is 726 Å². The Hall–Kier alpha value is -17.0. The van der Waals surface area contributed by atoms with E-state index in [1.807, 2.05) is 36.8 Å². The van der Waals surface area contributed by atoms with Crippen LogP contribution in [0.3, 0.4) is 0 Å². The molecular formula is C117H77N9. The van der Waals surface area contributed by atoms with E-state index in [-0.39, 0.29) is 0 Å². The van der Waals surface area contributed by atoms with Gasteiger partial charge in [0, 0.05) is 101 Å². The van der Waals surface area contributed by atoms with Gasteiger partial charge in [0.05, 0.1) is 82.8 Å². The van der Waals surface area contributed by atoms with E-state index in [1.165, 1.54) is 127 Å². The van der Waals surface area contributed by atoms with Crippen LogP contribution in [0.25, 0.3) is 221 Å². The van der Waals surface area contributed by atoms with Crippen molar-refractivity contribution in [1.82, 2.24) is 42.4 Å². The molecule has 0 radical (unpaired) electrons. The van der Waals surface area contributed by atoms with Gasteiger partial charge in [0.1, 0.15) is 0 Å². The highest BCUT2D eigenvalue weighted by Gasteiger charge is 2.24. The molecular weight excluding hydrogens is 1530 g/mol. The first kappa shape index (κ1) is 73.0. The summed E-state index contributed by atoms with van der Waals surface area (Å²) in [5.41, 5.74) is 36.0.